The van der Waals surface area contributed by atoms with Crippen LogP contribution in [0.1, 0.15) is 80.8 Å². The van der Waals surface area contributed by atoms with Crippen molar-refractivity contribution < 1.29 is 93.3 Å². The monoisotopic (exact) mass is 1520 g/mol. The van der Waals surface area contributed by atoms with Crippen LogP contribution in [-0.2, 0) is 31.3 Å². The van der Waals surface area contributed by atoms with E-state index in [2.05, 4.69) is 40.3 Å². The summed E-state index contributed by atoms with van der Waals surface area (Å²) in [4.78, 5) is 86.3. The Balaban J connectivity index is 0.000000169. The summed E-state index contributed by atoms with van der Waals surface area (Å²) in [5.41, 5.74) is 1.29. The largest absolute Gasteiger partial charge is 0.497 e. The topological polar surface area (TPSA) is 351 Å². The van der Waals surface area contributed by atoms with Gasteiger partial charge in [0.25, 0.3) is 0 Å². The van der Waals surface area contributed by atoms with Crippen LogP contribution in [0, 0.1) is 20.2 Å². The van der Waals surface area contributed by atoms with Crippen molar-refractivity contribution in [3.05, 3.63) is 249 Å². The van der Waals surface area contributed by atoms with E-state index in [-0.39, 0.29) is 77.9 Å². The van der Waals surface area contributed by atoms with Crippen LogP contribution >= 0.6 is 0 Å². The molecule has 0 aliphatic carbocycles. The van der Waals surface area contributed by atoms with Gasteiger partial charge in [-0.2, -0.15) is 46.7 Å². The van der Waals surface area contributed by atoms with E-state index >= 15 is 0 Å². The van der Waals surface area contributed by atoms with Crippen molar-refractivity contribution >= 4 is 35.3 Å². The molecule has 568 valence electrons. The van der Waals surface area contributed by atoms with Crippen molar-refractivity contribution in [1.29, 1.82) is 0 Å². The Hall–Kier alpha value is -14.2. The molecule has 8 heterocycles. The molecule has 0 atom stereocenters. The SMILES string of the molecule is CCOC(=O)c1cc(-c2ccc(OC)cc2)n(-c2ncccc2C(F)(F)F)n1.CCOC(=O)c1cc(-c2ccc(OC)cc2)n(-c2ncccc2[N+](=O)[O-])n1.CCOC(=O)c1cc(-c2ccc(OC)cc2)nn1-c1ncccc1C(F)(F)F.CCOC(=O)c1cc(-c2ccc(OC)cc2)nn1-c1ncccc1[N+](=O)[O-]. The number of aromatic nitrogens is 12. The molecule has 8 aromatic heterocycles. The molecule has 12 aromatic rings. The van der Waals surface area contributed by atoms with Crippen molar-refractivity contribution in [1.82, 2.24) is 59.1 Å². The molecule has 0 amide bonds. The predicted octanol–water partition coefficient (Wildman–Crippen LogP) is 14.3. The van der Waals surface area contributed by atoms with Gasteiger partial charge < -0.3 is 37.9 Å². The zero-order chi connectivity index (χ0) is 79.4. The minimum atomic E-state index is -4.66. The summed E-state index contributed by atoms with van der Waals surface area (Å²) in [6, 6.07) is 42.8. The number of rotatable bonds is 22. The van der Waals surface area contributed by atoms with Gasteiger partial charge in [-0.3, -0.25) is 20.2 Å². The molecule has 0 radical (unpaired) electrons. The second-order valence-corrected chi connectivity index (χ2v) is 22.1. The molecule has 110 heavy (non-hydrogen) atoms. The number of hydrogen-bond acceptors (Lipinski definition) is 24. The number of methoxy groups -OCH3 is 4. The summed E-state index contributed by atoms with van der Waals surface area (Å²) in [6.45, 7) is 7.11. The molecule has 0 fully saturated rings. The van der Waals surface area contributed by atoms with Gasteiger partial charge in [-0.05, 0) is 185 Å². The Morgan fingerprint density at radius 2 is 0.655 bits per heavy atom. The highest BCUT2D eigenvalue weighted by Crippen LogP contribution is 2.38. The number of carbonyl (C=O) groups is 4. The predicted molar refractivity (Wildman–Crippen MR) is 381 cm³/mol. The second kappa shape index (κ2) is 36.2. The lowest BCUT2D eigenvalue weighted by Gasteiger charge is -2.13. The highest BCUT2D eigenvalue weighted by molar-refractivity contribution is 5.92. The lowest BCUT2D eigenvalue weighted by Crippen LogP contribution is -2.17. The molecule has 0 spiro atoms. The Morgan fingerprint density at radius 1 is 0.373 bits per heavy atom. The highest BCUT2D eigenvalue weighted by Gasteiger charge is 2.38. The van der Waals surface area contributed by atoms with Crippen LogP contribution in [0.2, 0.25) is 0 Å². The summed E-state index contributed by atoms with van der Waals surface area (Å²) >= 11 is 0. The van der Waals surface area contributed by atoms with Gasteiger partial charge in [0.05, 0.1) is 87.5 Å². The fourth-order valence-electron chi connectivity index (χ4n) is 10.2. The third-order valence-electron chi connectivity index (χ3n) is 15.2. The van der Waals surface area contributed by atoms with Crippen LogP contribution in [0.15, 0.2) is 195 Å². The molecular formula is C74H64F6N14O16. The molecular weight excluding hydrogens is 1450 g/mol. The Kier molecular flexibility index (Phi) is 26.3. The van der Waals surface area contributed by atoms with E-state index in [1.807, 2.05) is 0 Å². The lowest BCUT2D eigenvalue weighted by molar-refractivity contribution is -0.385. The zero-order valence-corrected chi connectivity index (χ0v) is 59.4. The van der Waals surface area contributed by atoms with E-state index < -0.39 is 68.8 Å². The first-order chi connectivity index (χ1) is 52.8. The first-order valence-corrected chi connectivity index (χ1v) is 32.7. The fourth-order valence-corrected chi connectivity index (χ4v) is 10.2. The van der Waals surface area contributed by atoms with Crippen molar-refractivity contribution in [3.63, 3.8) is 0 Å². The van der Waals surface area contributed by atoms with Gasteiger partial charge in [-0.1, -0.05) is 0 Å². The van der Waals surface area contributed by atoms with E-state index in [9.17, 15) is 65.7 Å². The maximum atomic E-state index is 13.5. The van der Waals surface area contributed by atoms with E-state index in [0.29, 0.717) is 62.3 Å². The Morgan fingerprint density at radius 3 is 0.973 bits per heavy atom. The van der Waals surface area contributed by atoms with Gasteiger partial charge in [-0.15, -0.1) is 0 Å². The minimum absolute atomic E-state index is 0.00358. The minimum Gasteiger partial charge on any atom is -0.497 e. The van der Waals surface area contributed by atoms with Crippen molar-refractivity contribution in [3.8, 4) is 91.3 Å². The summed E-state index contributed by atoms with van der Waals surface area (Å²) < 4.78 is 125. The van der Waals surface area contributed by atoms with Crippen LogP contribution in [0.5, 0.6) is 23.0 Å². The molecule has 0 unspecified atom stereocenters. The fraction of sp³-hybridized carbons (Fsp3) is 0.189. The quantitative estimate of drug-likeness (QED) is 0.0200. The van der Waals surface area contributed by atoms with Crippen LogP contribution in [-0.4, -0.2) is 148 Å². The Bertz CT molecular complexity index is 5220. The first-order valence-electron chi connectivity index (χ1n) is 32.7. The normalized spacial score (nSPS) is 10.9. The van der Waals surface area contributed by atoms with Gasteiger partial charge >= 0.3 is 47.6 Å². The van der Waals surface area contributed by atoms with Gasteiger partial charge in [0.2, 0.25) is 11.6 Å². The molecule has 0 saturated heterocycles. The summed E-state index contributed by atoms with van der Waals surface area (Å²) in [5.74, 6) is -1.29. The van der Waals surface area contributed by atoms with Gasteiger partial charge in [0.1, 0.15) is 34.1 Å². The zero-order valence-electron chi connectivity index (χ0n) is 59.4. The third kappa shape index (κ3) is 19.1. The number of nitrogens with zero attached hydrogens (tertiary/aromatic N) is 14. The summed E-state index contributed by atoms with van der Waals surface area (Å²) in [5, 5.41) is 39.5. The number of nitro groups is 2. The number of pyridine rings is 4. The molecule has 12 rings (SSSR count). The average Bonchev–Trinajstić information content (AvgIpc) is 1.01. The van der Waals surface area contributed by atoms with Crippen molar-refractivity contribution in [2.75, 3.05) is 54.9 Å². The number of alkyl halides is 6. The highest BCUT2D eigenvalue weighted by atomic mass is 19.4. The maximum absolute atomic E-state index is 13.5. The number of ether oxygens (including phenoxy) is 8. The van der Waals surface area contributed by atoms with Crippen LogP contribution in [0.3, 0.4) is 0 Å². The molecule has 30 nitrogen and oxygen atoms in total. The summed E-state index contributed by atoms with van der Waals surface area (Å²) in [6.07, 6.45) is -4.06. The van der Waals surface area contributed by atoms with Gasteiger partial charge in [0.15, 0.2) is 34.4 Å². The number of benzene rings is 4. The van der Waals surface area contributed by atoms with Crippen molar-refractivity contribution in [2.45, 2.75) is 40.0 Å². The molecule has 0 aliphatic rings. The second-order valence-electron chi connectivity index (χ2n) is 22.1. The molecule has 36 heteroatoms. The van der Waals surface area contributed by atoms with Crippen LogP contribution in [0.4, 0.5) is 37.7 Å². The standard InChI is InChI=1S/2C19H16F3N3O3.2C18H16N4O5/c1-3-28-18(26)15-11-16(12-6-8-13(27-2)9-7-12)25(24-15)17-14(19(20,21)22)5-4-10-23-17;1-3-28-18(26)16-11-15(12-6-8-13(27-2)9-7-12)24-25(16)17-14(19(20,21)22)5-4-10-23-17;1-3-27-18(23)14-11-16(12-6-8-13(26-2)9-7-12)21(20-14)17-15(22(24)25)5-4-10-19-17;1-3-27-18(23)16-11-14(12-6-8-13(26-2)9-7-12)20-21(16)17-15(22(24)25)5-4-10-19-17/h2*4-11H,3H2,1-2H3;2*4-11H,3H2,1-2H3. The molecule has 0 bridgehead atoms. The molecule has 0 N–H and O–H groups in total. The smallest absolute Gasteiger partial charge is 0.420 e. The lowest BCUT2D eigenvalue weighted by atomic mass is 10.1. The van der Waals surface area contributed by atoms with E-state index in [0.717, 1.165) is 26.2 Å². The van der Waals surface area contributed by atoms with Gasteiger partial charge in [0, 0.05) is 59.2 Å². The third-order valence-corrected chi connectivity index (χ3v) is 15.2. The molecule has 4 aromatic carbocycles. The van der Waals surface area contributed by atoms with Gasteiger partial charge in [-0.25, -0.2) is 57.8 Å². The summed E-state index contributed by atoms with van der Waals surface area (Å²) in [7, 11) is 6.13. The van der Waals surface area contributed by atoms with Crippen LogP contribution in [0.25, 0.3) is 68.3 Å². The first kappa shape index (κ1) is 79.9. The van der Waals surface area contributed by atoms with E-state index in [1.165, 1.54) is 104 Å². The Labute approximate surface area is 620 Å². The maximum Gasteiger partial charge on any atom is 0.420 e. The van der Waals surface area contributed by atoms with E-state index in [4.69, 9.17) is 37.9 Å². The average molecular weight is 1520 g/mol. The number of esters is 4. The van der Waals surface area contributed by atoms with Crippen molar-refractivity contribution in [2.24, 2.45) is 0 Å². The number of halogens is 6. The molecule has 0 aliphatic heterocycles. The molecule has 0 saturated carbocycles. The number of carbonyl (C=O) groups excluding carboxylic acids is 4. The van der Waals surface area contributed by atoms with Crippen LogP contribution < -0.4 is 18.9 Å². The van der Waals surface area contributed by atoms with E-state index in [1.54, 1.807) is 139 Å². The number of hydrogen-bond donors (Lipinski definition) is 0.